The number of rotatable bonds is 3. The van der Waals surface area contributed by atoms with Gasteiger partial charge in [0.25, 0.3) is 5.91 Å². The van der Waals surface area contributed by atoms with Gasteiger partial charge in [-0.1, -0.05) is 11.6 Å². The molecule has 18 heavy (non-hydrogen) atoms. The van der Waals surface area contributed by atoms with Gasteiger partial charge in [-0.05, 0) is 36.8 Å². The highest BCUT2D eigenvalue weighted by Crippen LogP contribution is 2.15. The highest BCUT2D eigenvalue weighted by Gasteiger charge is 2.14. The van der Waals surface area contributed by atoms with Crippen molar-refractivity contribution in [1.29, 1.82) is 0 Å². The monoisotopic (exact) mass is 261 g/mol. The Balaban J connectivity index is 2.11. The zero-order valence-corrected chi connectivity index (χ0v) is 10.6. The first kappa shape index (κ1) is 12.5. The Hall–Kier alpha value is -1.94. The van der Waals surface area contributed by atoms with Crippen molar-refractivity contribution < 1.29 is 4.79 Å². The zero-order valence-electron chi connectivity index (χ0n) is 9.80. The number of halogens is 1. The molecule has 0 aliphatic carbocycles. The van der Waals surface area contributed by atoms with Gasteiger partial charge in [0, 0.05) is 18.6 Å². The molecule has 2 heterocycles. The number of hydrogen-bond donors (Lipinski definition) is 1. The topological polar surface area (TPSA) is 54.9 Å². The number of pyridine rings is 2. The van der Waals surface area contributed by atoms with Crippen molar-refractivity contribution in [3.63, 3.8) is 0 Å². The van der Waals surface area contributed by atoms with Crippen molar-refractivity contribution in [1.82, 2.24) is 15.3 Å². The largest absolute Gasteiger partial charge is 0.345 e. The number of carbonyl (C=O) groups excluding carboxylic acids is 1. The van der Waals surface area contributed by atoms with E-state index in [0.29, 0.717) is 5.56 Å². The fraction of sp³-hybridized carbons (Fsp3) is 0.154. The van der Waals surface area contributed by atoms with Crippen LogP contribution in [0.2, 0.25) is 5.15 Å². The summed E-state index contributed by atoms with van der Waals surface area (Å²) >= 11 is 5.87. The molecule has 1 unspecified atom stereocenters. The van der Waals surface area contributed by atoms with Crippen molar-refractivity contribution in [2.75, 3.05) is 0 Å². The first-order valence-corrected chi connectivity index (χ1v) is 5.87. The van der Waals surface area contributed by atoms with Crippen molar-refractivity contribution in [3.8, 4) is 0 Å². The lowest BCUT2D eigenvalue weighted by Crippen LogP contribution is -2.27. The lowest BCUT2D eigenvalue weighted by molar-refractivity contribution is 0.0939. The molecule has 0 saturated carbocycles. The second-order valence-corrected chi connectivity index (χ2v) is 4.18. The molecule has 0 radical (unpaired) electrons. The van der Waals surface area contributed by atoms with E-state index >= 15 is 0 Å². The van der Waals surface area contributed by atoms with E-state index in [-0.39, 0.29) is 17.1 Å². The van der Waals surface area contributed by atoms with Crippen LogP contribution >= 0.6 is 11.6 Å². The predicted molar refractivity (Wildman–Crippen MR) is 69.4 cm³/mol. The molecular formula is C13H12ClN3O. The van der Waals surface area contributed by atoms with E-state index in [1.807, 2.05) is 19.1 Å². The minimum atomic E-state index is -0.239. The second-order valence-electron chi connectivity index (χ2n) is 3.82. The molecule has 0 bridgehead atoms. The Morgan fingerprint density at radius 1 is 1.28 bits per heavy atom. The zero-order chi connectivity index (χ0) is 13.0. The maximum atomic E-state index is 12.0. The van der Waals surface area contributed by atoms with Crippen LogP contribution in [0.3, 0.4) is 0 Å². The minimum Gasteiger partial charge on any atom is -0.345 e. The van der Waals surface area contributed by atoms with Gasteiger partial charge >= 0.3 is 0 Å². The van der Waals surface area contributed by atoms with Crippen LogP contribution in [0.1, 0.15) is 28.9 Å². The molecule has 1 N–H and O–H groups in total. The first-order valence-electron chi connectivity index (χ1n) is 5.50. The molecule has 1 atom stereocenters. The molecule has 2 aromatic heterocycles. The summed E-state index contributed by atoms with van der Waals surface area (Å²) in [6, 6.07) is 6.92. The highest BCUT2D eigenvalue weighted by atomic mass is 35.5. The van der Waals surface area contributed by atoms with E-state index < -0.39 is 0 Å². The smallest absolute Gasteiger partial charge is 0.254 e. The number of nitrogens with zero attached hydrogens (tertiary/aromatic N) is 2. The summed E-state index contributed by atoms with van der Waals surface area (Å²) in [4.78, 5) is 19.8. The summed E-state index contributed by atoms with van der Waals surface area (Å²) in [7, 11) is 0. The van der Waals surface area contributed by atoms with Crippen molar-refractivity contribution in [2.24, 2.45) is 0 Å². The van der Waals surface area contributed by atoms with Crippen molar-refractivity contribution >= 4 is 17.5 Å². The van der Waals surface area contributed by atoms with Gasteiger partial charge in [0.1, 0.15) is 5.15 Å². The predicted octanol–water partition coefficient (Wildman–Crippen LogP) is 2.62. The summed E-state index contributed by atoms with van der Waals surface area (Å²) in [5.41, 5.74) is 1.36. The van der Waals surface area contributed by atoms with E-state index in [0.717, 1.165) is 5.56 Å². The summed E-state index contributed by atoms with van der Waals surface area (Å²) < 4.78 is 0. The Kier molecular flexibility index (Phi) is 3.89. The summed E-state index contributed by atoms with van der Waals surface area (Å²) in [5, 5.41) is 3.07. The van der Waals surface area contributed by atoms with Crippen LogP contribution in [-0.4, -0.2) is 15.9 Å². The van der Waals surface area contributed by atoms with Gasteiger partial charge < -0.3 is 5.32 Å². The Bertz CT molecular complexity index is 545. The molecule has 0 aliphatic rings. The number of nitrogens with one attached hydrogen (secondary N) is 1. The third-order valence-corrected chi connectivity index (χ3v) is 2.86. The molecule has 5 heteroatoms. The summed E-state index contributed by atoms with van der Waals surface area (Å²) in [5.74, 6) is -0.239. The fourth-order valence-electron chi connectivity index (χ4n) is 1.57. The molecule has 0 aliphatic heterocycles. The van der Waals surface area contributed by atoms with Crippen LogP contribution < -0.4 is 5.32 Å². The molecular weight excluding hydrogens is 250 g/mol. The average Bonchev–Trinajstić information content (AvgIpc) is 2.40. The lowest BCUT2D eigenvalue weighted by atomic mass is 10.1. The maximum absolute atomic E-state index is 12.0. The van der Waals surface area contributed by atoms with E-state index in [9.17, 15) is 4.79 Å². The molecule has 4 nitrogen and oxygen atoms in total. The lowest BCUT2D eigenvalue weighted by Gasteiger charge is -2.14. The number of amides is 1. The van der Waals surface area contributed by atoms with E-state index in [4.69, 9.17) is 11.6 Å². The standard InChI is InChI=1S/C13H12ClN3O/c1-9(10-4-7-15-8-5-10)17-13(18)11-3-2-6-16-12(11)14/h2-9H,1H3,(H,17,18). The molecule has 0 saturated heterocycles. The number of aromatic nitrogens is 2. The van der Waals surface area contributed by atoms with Crippen LogP contribution in [0.25, 0.3) is 0 Å². The minimum absolute atomic E-state index is 0.114. The van der Waals surface area contributed by atoms with Crippen molar-refractivity contribution in [2.45, 2.75) is 13.0 Å². The van der Waals surface area contributed by atoms with Gasteiger partial charge in [0.2, 0.25) is 0 Å². The average molecular weight is 262 g/mol. The van der Waals surface area contributed by atoms with E-state index in [1.165, 1.54) is 0 Å². The third-order valence-electron chi connectivity index (χ3n) is 2.56. The highest BCUT2D eigenvalue weighted by molar-refractivity contribution is 6.32. The normalized spacial score (nSPS) is 11.9. The maximum Gasteiger partial charge on any atom is 0.254 e. The van der Waals surface area contributed by atoms with Crippen LogP contribution in [-0.2, 0) is 0 Å². The first-order chi connectivity index (χ1) is 8.68. The van der Waals surface area contributed by atoms with E-state index in [1.54, 1.807) is 30.7 Å². The molecule has 0 spiro atoms. The van der Waals surface area contributed by atoms with Gasteiger partial charge in [-0.2, -0.15) is 0 Å². The Labute approximate surface area is 110 Å². The molecule has 1 amide bonds. The Morgan fingerprint density at radius 3 is 2.67 bits per heavy atom. The second kappa shape index (κ2) is 5.60. The van der Waals surface area contributed by atoms with Crippen LogP contribution in [0.15, 0.2) is 42.9 Å². The molecule has 2 rings (SSSR count). The van der Waals surface area contributed by atoms with Crippen molar-refractivity contribution in [3.05, 3.63) is 59.1 Å². The third kappa shape index (κ3) is 2.84. The molecule has 2 aromatic rings. The number of hydrogen-bond acceptors (Lipinski definition) is 3. The van der Waals surface area contributed by atoms with Gasteiger partial charge in [0.15, 0.2) is 0 Å². The number of carbonyl (C=O) groups is 1. The van der Waals surface area contributed by atoms with Gasteiger partial charge in [-0.3, -0.25) is 9.78 Å². The van der Waals surface area contributed by atoms with Crippen LogP contribution in [0, 0.1) is 0 Å². The SMILES string of the molecule is CC(NC(=O)c1cccnc1Cl)c1ccncc1. The van der Waals surface area contributed by atoms with E-state index in [2.05, 4.69) is 15.3 Å². The summed E-state index contributed by atoms with van der Waals surface area (Å²) in [6.45, 7) is 1.90. The van der Waals surface area contributed by atoms with Crippen LogP contribution in [0.4, 0.5) is 0 Å². The van der Waals surface area contributed by atoms with Gasteiger partial charge in [-0.15, -0.1) is 0 Å². The summed E-state index contributed by atoms with van der Waals surface area (Å²) in [6.07, 6.45) is 4.93. The fourth-order valence-corrected chi connectivity index (χ4v) is 1.77. The Morgan fingerprint density at radius 2 is 2.00 bits per heavy atom. The quantitative estimate of drug-likeness (QED) is 0.864. The van der Waals surface area contributed by atoms with Gasteiger partial charge in [0.05, 0.1) is 11.6 Å². The molecule has 92 valence electrons. The van der Waals surface area contributed by atoms with Crippen LogP contribution in [0.5, 0.6) is 0 Å². The molecule has 0 fully saturated rings. The molecule has 0 aromatic carbocycles. The van der Waals surface area contributed by atoms with Gasteiger partial charge in [-0.25, -0.2) is 4.98 Å².